The van der Waals surface area contributed by atoms with E-state index in [4.69, 9.17) is 0 Å². The molecule has 0 aromatic carbocycles. The fourth-order valence-electron chi connectivity index (χ4n) is 1.67. The predicted octanol–water partition coefficient (Wildman–Crippen LogP) is 2.00. The Balaban J connectivity index is 1.92. The van der Waals surface area contributed by atoms with Crippen molar-refractivity contribution in [3.63, 3.8) is 0 Å². The Kier molecular flexibility index (Phi) is 3.53. The van der Waals surface area contributed by atoms with Crippen molar-refractivity contribution in [2.75, 3.05) is 25.0 Å². The van der Waals surface area contributed by atoms with Crippen LogP contribution in [0.4, 0.5) is 10.2 Å². The monoisotopic (exact) mass is 273 g/mol. The van der Waals surface area contributed by atoms with Gasteiger partial charge in [0.2, 0.25) is 0 Å². The molecule has 2 rings (SSSR count). The van der Waals surface area contributed by atoms with Gasteiger partial charge in [-0.1, -0.05) is 0 Å². The van der Waals surface area contributed by atoms with Crippen LogP contribution in [-0.4, -0.2) is 24.6 Å². The third kappa shape index (κ3) is 2.89. The van der Waals surface area contributed by atoms with Gasteiger partial charge in [-0.15, -0.1) is 0 Å². The van der Waals surface area contributed by atoms with E-state index in [2.05, 4.69) is 31.5 Å². The molecule has 1 aromatic rings. The van der Waals surface area contributed by atoms with E-state index in [9.17, 15) is 4.39 Å². The minimum Gasteiger partial charge on any atom is -0.367 e. The van der Waals surface area contributed by atoms with E-state index < -0.39 is 0 Å². The smallest absolute Gasteiger partial charge is 0.166 e. The van der Waals surface area contributed by atoms with Crippen LogP contribution in [0.1, 0.15) is 6.42 Å². The van der Waals surface area contributed by atoms with Crippen molar-refractivity contribution in [1.29, 1.82) is 0 Å². The molecular formula is C10H13BrFN3. The SMILES string of the molecule is Fc1cc(Br)cnc1NCC1CCNC1. The van der Waals surface area contributed by atoms with Crippen molar-refractivity contribution >= 4 is 21.7 Å². The number of pyridine rings is 1. The molecule has 1 aliphatic heterocycles. The Morgan fingerprint density at radius 1 is 1.67 bits per heavy atom. The molecule has 1 aliphatic rings. The van der Waals surface area contributed by atoms with Crippen LogP contribution < -0.4 is 10.6 Å². The summed E-state index contributed by atoms with van der Waals surface area (Å²) in [6.45, 7) is 2.84. The van der Waals surface area contributed by atoms with E-state index in [1.807, 2.05) is 0 Å². The predicted molar refractivity (Wildman–Crippen MR) is 61.4 cm³/mol. The second-order valence-electron chi connectivity index (χ2n) is 3.72. The molecule has 2 N–H and O–H groups in total. The van der Waals surface area contributed by atoms with Crippen LogP contribution in [0, 0.1) is 11.7 Å². The average molecular weight is 274 g/mol. The lowest BCUT2D eigenvalue weighted by molar-refractivity contribution is 0.597. The van der Waals surface area contributed by atoms with Gasteiger partial charge < -0.3 is 10.6 Å². The normalized spacial score (nSPS) is 20.5. The number of nitrogens with zero attached hydrogens (tertiary/aromatic N) is 1. The van der Waals surface area contributed by atoms with Crippen LogP contribution >= 0.6 is 15.9 Å². The molecule has 5 heteroatoms. The summed E-state index contributed by atoms with van der Waals surface area (Å²) in [5.74, 6) is 0.607. The summed E-state index contributed by atoms with van der Waals surface area (Å²) in [6, 6.07) is 1.42. The highest BCUT2D eigenvalue weighted by Crippen LogP contribution is 2.17. The Hall–Kier alpha value is -0.680. The molecule has 0 radical (unpaired) electrons. The zero-order valence-corrected chi connectivity index (χ0v) is 9.85. The van der Waals surface area contributed by atoms with Gasteiger partial charge in [0.05, 0.1) is 0 Å². The number of hydrogen-bond acceptors (Lipinski definition) is 3. The van der Waals surface area contributed by atoms with Gasteiger partial charge >= 0.3 is 0 Å². The van der Waals surface area contributed by atoms with Gasteiger partial charge in [0.15, 0.2) is 11.6 Å². The van der Waals surface area contributed by atoms with E-state index in [-0.39, 0.29) is 5.82 Å². The van der Waals surface area contributed by atoms with Crippen LogP contribution in [0.3, 0.4) is 0 Å². The van der Waals surface area contributed by atoms with Gasteiger partial charge in [-0.25, -0.2) is 9.37 Å². The number of halogens is 2. The van der Waals surface area contributed by atoms with Gasteiger partial charge in [-0.2, -0.15) is 0 Å². The van der Waals surface area contributed by atoms with Gasteiger partial charge in [-0.05, 0) is 47.4 Å². The van der Waals surface area contributed by atoms with Gasteiger partial charge in [-0.3, -0.25) is 0 Å². The molecular weight excluding hydrogens is 261 g/mol. The minimum atomic E-state index is -0.310. The molecule has 0 saturated carbocycles. The van der Waals surface area contributed by atoms with Gasteiger partial charge in [0, 0.05) is 17.2 Å². The second-order valence-corrected chi connectivity index (χ2v) is 4.64. The molecule has 1 aromatic heterocycles. The molecule has 1 fully saturated rings. The first-order valence-corrected chi connectivity index (χ1v) is 5.80. The Bertz CT molecular complexity index is 339. The summed E-state index contributed by atoms with van der Waals surface area (Å²) >= 11 is 3.17. The lowest BCUT2D eigenvalue weighted by Crippen LogP contribution is -2.18. The maximum absolute atomic E-state index is 13.4. The Morgan fingerprint density at radius 2 is 2.53 bits per heavy atom. The quantitative estimate of drug-likeness (QED) is 0.885. The zero-order valence-electron chi connectivity index (χ0n) is 8.26. The Morgan fingerprint density at radius 3 is 3.20 bits per heavy atom. The summed E-state index contributed by atoms with van der Waals surface area (Å²) < 4.78 is 14.0. The largest absolute Gasteiger partial charge is 0.367 e. The van der Waals surface area contributed by atoms with Crippen LogP contribution in [0.5, 0.6) is 0 Å². The molecule has 82 valence electrons. The highest BCUT2D eigenvalue weighted by Gasteiger charge is 2.14. The molecule has 1 saturated heterocycles. The van der Waals surface area contributed by atoms with E-state index >= 15 is 0 Å². The van der Waals surface area contributed by atoms with Crippen molar-refractivity contribution in [3.8, 4) is 0 Å². The molecule has 0 bridgehead atoms. The molecule has 0 aliphatic carbocycles. The number of anilines is 1. The first kappa shape index (κ1) is 10.8. The summed E-state index contributed by atoms with van der Waals surface area (Å²) in [6.07, 6.45) is 2.74. The minimum absolute atomic E-state index is 0.310. The number of hydrogen-bond donors (Lipinski definition) is 2. The molecule has 15 heavy (non-hydrogen) atoms. The van der Waals surface area contributed by atoms with Crippen LogP contribution in [0.15, 0.2) is 16.7 Å². The third-order valence-corrected chi connectivity index (χ3v) is 2.96. The van der Waals surface area contributed by atoms with Crippen molar-refractivity contribution < 1.29 is 4.39 Å². The average Bonchev–Trinajstić information content (AvgIpc) is 2.69. The maximum Gasteiger partial charge on any atom is 0.166 e. The van der Waals surface area contributed by atoms with Crippen molar-refractivity contribution in [2.45, 2.75) is 6.42 Å². The molecule has 0 spiro atoms. The summed E-state index contributed by atoms with van der Waals surface area (Å²) in [4.78, 5) is 3.99. The molecule has 0 amide bonds. The molecule has 3 nitrogen and oxygen atoms in total. The summed E-state index contributed by atoms with van der Waals surface area (Å²) in [7, 11) is 0. The van der Waals surface area contributed by atoms with Gasteiger partial charge in [0.25, 0.3) is 0 Å². The Labute approximate surface area is 96.6 Å². The fraction of sp³-hybridized carbons (Fsp3) is 0.500. The number of aromatic nitrogens is 1. The van der Waals surface area contributed by atoms with E-state index in [0.29, 0.717) is 16.2 Å². The third-order valence-electron chi connectivity index (χ3n) is 2.53. The molecule has 2 heterocycles. The first-order valence-electron chi connectivity index (χ1n) is 5.01. The fourth-order valence-corrected chi connectivity index (χ4v) is 1.98. The van der Waals surface area contributed by atoms with Crippen molar-refractivity contribution in [2.24, 2.45) is 5.92 Å². The summed E-state index contributed by atoms with van der Waals surface area (Å²) in [5.41, 5.74) is 0. The highest BCUT2D eigenvalue weighted by molar-refractivity contribution is 9.10. The molecule has 1 unspecified atom stereocenters. The lowest BCUT2D eigenvalue weighted by atomic mass is 10.1. The van der Waals surface area contributed by atoms with Crippen molar-refractivity contribution in [1.82, 2.24) is 10.3 Å². The number of rotatable bonds is 3. The molecule has 1 atom stereocenters. The van der Waals surface area contributed by atoms with Crippen LogP contribution in [0.25, 0.3) is 0 Å². The highest BCUT2D eigenvalue weighted by atomic mass is 79.9. The van der Waals surface area contributed by atoms with Crippen LogP contribution in [-0.2, 0) is 0 Å². The number of nitrogens with one attached hydrogen (secondary N) is 2. The lowest BCUT2D eigenvalue weighted by Gasteiger charge is -2.10. The second kappa shape index (κ2) is 4.90. The summed E-state index contributed by atoms with van der Waals surface area (Å²) in [5, 5.41) is 6.31. The van der Waals surface area contributed by atoms with Crippen LogP contribution in [0.2, 0.25) is 0 Å². The first-order chi connectivity index (χ1) is 7.25. The van der Waals surface area contributed by atoms with E-state index in [0.717, 1.165) is 26.1 Å². The standard InChI is InChI=1S/C10H13BrFN3/c11-8-3-9(12)10(15-6-8)14-5-7-1-2-13-4-7/h3,6-7,13H,1-2,4-5H2,(H,14,15). The van der Waals surface area contributed by atoms with E-state index in [1.165, 1.54) is 6.07 Å². The van der Waals surface area contributed by atoms with Crippen molar-refractivity contribution in [3.05, 3.63) is 22.6 Å². The topological polar surface area (TPSA) is 37.0 Å². The van der Waals surface area contributed by atoms with Gasteiger partial charge in [0.1, 0.15) is 0 Å². The van der Waals surface area contributed by atoms with E-state index in [1.54, 1.807) is 6.20 Å². The zero-order chi connectivity index (χ0) is 10.7. The maximum atomic E-state index is 13.4.